The van der Waals surface area contributed by atoms with Crippen LogP contribution in [0.4, 0.5) is 0 Å². The van der Waals surface area contributed by atoms with E-state index in [1.807, 2.05) is 0 Å². The highest BCUT2D eigenvalue weighted by molar-refractivity contribution is 5.90. The van der Waals surface area contributed by atoms with Crippen molar-refractivity contribution in [3.05, 3.63) is 29.8 Å². The number of fused-ring (bicyclic) bond motifs is 1. The summed E-state index contributed by atoms with van der Waals surface area (Å²) >= 11 is 0. The van der Waals surface area contributed by atoms with Gasteiger partial charge in [0.1, 0.15) is 0 Å². The molecule has 0 unspecified atom stereocenters. The van der Waals surface area contributed by atoms with Crippen LogP contribution in [0.15, 0.2) is 24.3 Å². The van der Waals surface area contributed by atoms with Gasteiger partial charge in [0, 0.05) is 12.5 Å². The molecular weight excluding hydrogens is 274 g/mol. The Kier molecular flexibility index (Phi) is 4.81. The third kappa shape index (κ3) is 4.24. The topological polar surface area (TPSA) is 87.8 Å². The van der Waals surface area contributed by atoms with E-state index in [-0.39, 0.29) is 0 Å². The second kappa shape index (κ2) is 6.78. The minimum Gasteiger partial charge on any atom is -0.490 e. The minimum absolute atomic E-state index is 0.596. The monoisotopic (exact) mass is 291 g/mol. The molecule has 0 spiro atoms. The van der Waals surface area contributed by atoms with Gasteiger partial charge in [-0.2, -0.15) is 0 Å². The lowest BCUT2D eigenvalue weighted by Crippen LogP contribution is -2.29. The molecule has 0 bridgehead atoms. The van der Waals surface area contributed by atoms with E-state index in [1.54, 1.807) is 24.3 Å². The van der Waals surface area contributed by atoms with E-state index >= 15 is 0 Å². The molecule has 1 heterocycles. The Balaban J connectivity index is 2.02. The number of nitrogens with two attached hydrogens (primary N) is 1. The molecule has 1 aromatic carbocycles. The smallest absolute Gasteiger partial charge is 0.331 e. The van der Waals surface area contributed by atoms with Crippen LogP contribution in [-0.2, 0) is 14.3 Å². The largest absolute Gasteiger partial charge is 0.490 e. The summed E-state index contributed by atoms with van der Waals surface area (Å²) < 4.78 is 15.9. The first kappa shape index (κ1) is 14.9. The van der Waals surface area contributed by atoms with E-state index in [1.165, 1.54) is 13.0 Å². The average molecular weight is 291 g/mol. The van der Waals surface area contributed by atoms with Gasteiger partial charge in [-0.3, -0.25) is 4.79 Å². The molecule has 0 aliphatic carbocycles. The predicted octanol–water partition coefficient (Wildman–Crippen LogP) is 1.28. The van der Waals surface area contributed by atoms with Gasteiger partial charge in [-0.05, 0) is 30.7 Å². The van der Waals surface area contributed by atoms with Gasteiger partial charge in [0.2, 0.25) is 0 Å². The van der Waals surface area contributed by atoms with Crippen LogP contribution in [0.3, 0.4) is 0 Å². The van der Waals surface area contributed by atoms with Crippen molar-refractivity contribution in [1.82, 2.24) is 0 Å². The number of rotatable bonds is 4. The van der Waals surface area contributed by atoms with E-state index in [0.29, 0.717) is 24.7 Å². The summed E-state index contributed by atoms with van der Waals surface area (Å²) in [5, 5.41) is 0. The maximum Gasteiger partial charge on any atom is 0.331 e. The Labute approximate surface area is 122 Å². The van der Waals surface area contributed by atoms with Crippen molar-refractivity contribution in [2.45, 2.75) is 19.4 Å². The molecule has 0 aromatic heterocycles. The number of hydrogen-bond donors (Lipinski definition) is 1. The van der Waals surface area contributed by atoms with Crippen molar-refractivity contribution in [2.75, 3.05) is 13.2 Å². The summed E-state index contributed by atoms with van der Waals surface area (Å²) in [5.74, 6) is 0.0174. The number of amides is 1. The number of esters is 1. The molecule has 0 saturated heterocycles. The SMILES string of the molecule is C[C@H](OC(=O)/C=C/c1ccc2c(c1)OCCCO2)C(N)=O. The number of ether oxygens (including phenoxy) is 3. The summed E-state index contributed by atoms with van der Waals surface area (Å²) in [6, 6.07) is 5.37. The molecule has 0 fully saturated rings. The van der Waals surface area contributed by atoms with Crippen LogP contribution in [0.25, 0.3) is 6.08 Å². The fraction of sp³-hybridized carbons (Fsp3) is 0.333. The van der Waals surface area contributed by atoms with Crippen LogP contribution in [0.1, 0.15) is 18.9 Å². The van der Waals surface area contributed by atoms with Crippen molar-refractivity contribution in [3.63, 3.8) is 0 Å². The van der Waals surface area contributed by atoms with E-state index < -0.39 is 18.0 Å². The fourth-order valence-electron chi connectivity index (χ4n) is 1.72. The highest BCUT2D eigenvalue weighted by Gasteiger charge is 2.13. The van der Waals surface area contributed by atoms with Crippen LogP contribution < -0.4 is 15.2 Å². The maximum absolute atomic E-state index is 11.5. The summed E-state index contributed by atoms with van der Waals surface area (Å²) in [5.41, 5.74) is 5.78. The number of carbonyl (C=O) groups is 2. The average Bonchev–Trinajstić information content (AvgIpc) is 2.69. The van der Waals surface area contributed by atoms with E-state index in [9.17, 15) is 9.59 Å². The molecule has 2 N–H and O–H groups in total. The lowest BCUT2D eigenvalue weighted by molar-refractivity contribution is -0.148. The van der Waals surface area contributed by atoms with Crippen molar-refractivity contribution in [3.8, 4) is 11.5 Å². The Bertz CT molecular complexity index is 567. The van der Waals surface area contributed by atoms with Gasteiger partial charge in [-0.15, -0.1) is 0 Å². The first-order valence-corrected chi connectivity index (χ1v) is 6.64. The molecule has 2 rings (SSSR count). The van der Waals surface area contributed by atoms with Gasteiger partial charge >= 0.3 is 5.97 Å². The first-order chi connectivity index (χ1) is 10.1. The Morgan fingerprint density at radius 1 is 1.29 bits per heavy atom. The van der Waals surface area contributed by atoms with Gasteiger partial charge in [0.15, 0.2) is 17.6 Å². The molecule has 112 valence electrons. The minimum atomic E-state index is -0.953. The van der Waals surface area contributed by atoms with Crippen molar-refractivity contribution in [1.29, 1.82) is 0 Å². The molecular formula is C15H17NO5. The Hall–Kier alpha value is -2.50. The van der Waals surface area contributed by atoms with Gasteiger partial charge in [-0.1, -0.05) is 6.07 Å². The molecule has 6 heteroatoms. The van der Waals surface area contributed by atoms with E-state index in [2.05, 4.69) is 0 Å². The van der Waals surface area contributed by atoms with Gasteiger partial charge in [0.05, 0.1) is 13.2 Å². The normalized spacial score (nSPS) is 15.3. The van der Waals surface area contributed by atoms with Crippen LogP contribution in [0, 0.1) is 0 Å². The van der Waals surface area contributed by atoms with Crippen LogP contribution in [0.5, 0.6) is 11.5 Å². The number of benzene rings is 1. The van der Waals surface area contributed by atoms with Crippen LogP contribution in [0.2, 0.25) is 0 Å². The Morgan fingerprint density at radius 2 is 2.00 bits per heavy atom. The highest BCUT2D eigenvalue weighted by atomic mass is 16.5. The number of primary amides is 1. The van der Waals surface area contributed by atoms with Gasteiger partial charge in [-0.25, -0.2) is 4.79 Å². The zero-order valence-electron chi connectivity index (χ0n) is 11.7. The predicted molar refractivity (Wildman–Crippen MR) is 75.8 cm³/mol. The molecule has 1 aliphatic rings. The molecule has 0 saturated carbocycles. The molecule has 1 amide bonds. The molecule has 1 atom stereocenters. The van der Waals surface area contributed by atoms with Crippen LogP contribution >= 0.6 is 0 Å². The molecule has 6 nitrogen and oxygen atoms in total. The summed E-state index contributed by atoms with van der Waals surface area (Å²) in [4.78, 5) is 22.3. The Morgan fingerprint density at radius 3 is 2.71 bits per heavy atom. The zero-order chi connectivity index (χ0) is 15.2. The third-order valence-corrected chi connectivity index (χ3v) is 2.88. The van der Waals surface area contributed by atoms with Crippen molar-refractivity contribution < 1.29 is 23.8 Å². The highest BCUT2D eigenvalue weighted by Crippen LogP contribution is 2.30. The summed E-state index contributed by atoms with van der Waals surface area (Å²) in [6.45, 7) is 2.64. The van der Waals surface area contributed by atoms with Gasteiger partial charge < -0.3 is 19.9 Å². The fourth-order valence-corrected chi connectivity index (χ4v) is 1.72. The van der Waals surface area contributed by atoms with Crippen molar-refractivity contribution >= 4 is 18.0 Å². The van der Waals surface area contributed by atoms with E-state index in [0.717, 1.165) is 12.0 Å². The van der Waals surface area contributed by atoms with Crippen LogP contribution in [-0.4, -0.2) is 31.2 Å². The molecule has 1 aromatic rings. The lowest BCUT2D eigenvalue weighted by atomic mass is 10.2. The second-order valence-electron chi connectivity index (χ2n) is 4.57. The summed E-state index contributed by atoms with van der Waals surface area (Å²) in [7, 11) is 0. The quantitative estimate of drug-likeness (QED) is 0.667. The molecule has 0 radical (unpaired) electrons. The number of hydrogen-bond acceptors (Lipinski definition) is 5. The maximum atomic E-state index is 11.5. The van der Waals surface area contributed by atoms with Gasteiger partial charge in [0.25, 0.3) is 5.91 Å². The zero-order valence-corrected chi connectivity index (χ0v) is 11.7. The third-order valence-electron chi connectivity index (χ3n) is 2.88. The molecule has 1 aliphatic heterocycles. The molecule has 21 heavy (non-hydrogen) atoms. The van der Waals surface area contributed by atoms with E-state index in [4.69, 9.17) is 19.9 Å². The lowest BCUT2D eigenvalue weighted by Gasteiger charge is -2.08. The van der Waals surface area contributed by atoms with Crippen molar-refractivity contribution in [2.24, 2.45) is 5.73 Å². The summed E-state index contributed by atoms with van der Waals surface area (Å²) in [6.07, 6.45) is 2.69. The number of carbonyl (C=O) groups excluding carboxylic acids is 2. The first-order valence-electron chi connectivity index (χ1n) is 6.64. The second-order valence-corrected chi connectivity index (χ2v) is 4.57. The standard InChI is InChI=1S/C15H17NO5/c1-10(15(16)18)21-14(17)6-4-11-3-5-12-13(9-11)20-8-2-7-19-12/h3-6,9-10H,2,7-8H2,1H3,(H2,16,18)/b6-4+/t10-/m0/s1.